The second kappa shape index (κ2) is 17.9. The summed E-state index contributed by atoms with van der Waals surface area (Å²) in [6.07, 6.45) is -0.126. The molecule has 0 amide bonds. The molecule has 0 radical (unpaired) electrons. The predicted octanol–water partition coefficient (Wildman–Crippen LogP) is 6.24. The summed E-state index contributed by atoms with van der Waals surface area (Å²) >= 11 is 0. The van der Waals surface area contributed by atoms with Crippen LogP contribution >= 0.6 is 13.5 Å². The molecule has 2 nitrogen and oxygen atoms in total. The standard InChI is InChI=1S/C16H18O2.2C2H6.CH4.H2S/c1-13(12-17)16(14-8-4-2-5-9-14)18-15-10-6-3-7-11-15;2*1-2;;/h2-11,13,16-17H,12H2,1H3;2*1-2H3;1H4;1H2/t13-,16-;;;;/m1..../s1. The third kappa shape index (κ3) is 9.64. The van der Waals surface area contributed by atoms with Crippen LogP contribution in [0.2, 0.25) is 0 Å². The molecule has 0 unspecified atom stereocenters. The molecule has 0 bridgehead atoms. The summed E-state index contributed by atoms with van der Waals surface area (Å²) in [4.78, 5) is 0. The van der Waals surface area contributed by atoms with E-state index in [1.165, 1.54) is 0 Å². The van der Waals surface area contributed by atoms with E-state index in [9.17, 15) is 5.11 Å². The molecule has 138 valence electrons. The van der Waals surface area contributed by atoms with Gasteiger partial charge in [0, 0.05) is 12.5 Å². The van der Waals surface area contributed by atoms with Gasteiger partial charge in [0.25, 0.3) is 0 Å². The highest BCUT2D eigenvalue weighted by Gasteiger charge is 2.20. The summed E-state index contributed by atoms with van der Waals surface area (Å²) in [7, 11) is 0. The van der Waals surface area contributed by atoms with E-state index in [0.29, 0.717) is 0 Å². The lowest BCUT2D eigenvalue weighted by Crippen LogP contribution is -2.19. The van der Waals surface area contributed by atoms with Crippen LogP contribution in [0, 0.1) is 5.92 Å². The van der Waals surface area contributed by atoms with Gasteiger partial charge >= 0.3 is 0 Å². The average Bonchev–Trinajstić information content (AvgIpc) is 2.64. The van der Waals surface area contributed by atoms with Crippen LogP contribution in [-0.2, 0) is 0 Å². The van der Waals surface area contributed by atoms with Crippen LogP contribution in [-0.4, -0.2) is 11.7 Å². The first-order valence-corrected chi connectivity index (χ1v) is 8.19. The molecule has 1 N–H and O–H groups in total. The van der Waals surface area contributed by atoms with Gasteiger partial charge in [-0.15, -0.1) is 0 Å². The van der Waals surface area contributed by atoms with Gasteiger partial charge in [-0.25, -0.2) is 0 Å². The first-order valence-electron chi connectivity index (χ1n) is 8.19. The molecule has 3 heteroatoms. The Hall–Kier alpha value is -1.45. The second-order valence-electron chi connectivity index (χ2n) is 4.42. The van der Waals surface area contributed by atoms with E-state index in [-0.39, 0.29) is 39.6 Å². The van der Waals surface area contributed by atoms with Crippen molar-refractivity contribution in [3.8, 4) is 5.75 Å². The Morgan fingerprint density at radius 1 is 0.833 bits per heavy atom. The Balaban J connectivity index is -0.000000684. The van der Waals surface area contributed by atoms with Crippen molar-refractivity contribution < 1.29 is 9.84 Å². The summed E-state index contributed by atoms with van der Waals surface area (Å²) < 4.78 is 5.99. The normalized spacial score (nSPS) is 10.9. The SMILES string of the molecule is C.CC.CC.C[C@H](CO)[C@@H](Oc1ccccc1)c1ccccc1.S. The van der Waals surface area contributed by atoms with Gasteiger partial charge in [0.15, 0.2) is 0 Å². The number of aliphatic hydroxyl groups is 1. The third-order valence-electron chi connectivity index (χ3n) is 2.94. The Bertz CT molecular complexity index is 460. The van der Waals surface area contributed by atoms with E-state index < -0.39 is 0 Å². The zero-order valence-corrected chi connectivity index (χ0v) is 16.0. The summed E-state index contributed by atoms with van der Waals surface area (Å²) in [5.74, 6) is 0.874. The first kappa shape index (κ1) is 27.4. The molecule has 0 heterocycles. The van der Waals surface area contributed by atoms with Crippen LogP contribution in [0.25, 0.3) is 0 Å². The smallest absolute Gasteiger partial charge is 0.128 e. The number of rotatable bonds is 5. The van der Waals surface area contributed by atoms with E-state index in [2.05, 4.69) is 0 Å². The topological polar surface area (TPSA) is 29.5 Å². The van der Waals surface area contributed by atoms with E-state index in [4.69, 9.17) is 4.74 Å². The largest absolute Gasteiger partial charge is 0.485 e. The van der Waals surface area contributed by atoms with Crippen molar-refractivity contribution in [2.75, 3.05) is 6.61 Å². The van der Waals surface area contributed by atoms with Crippen molar-refractivity contribution in [1.82, 2.24) is 0 Å². The molecular weight excluding hydrogens is 316 g/mol. The Labute approximate surface area is 156 Å². The number of ether oxygens (including phenoxy) is 1. The minimum atomic E-state index is -0.126. The molecule has 0 saturated carbocycles. The van der Waals surface area contributed by atoms with E-state index in [0.717, 1.165) is 11.3 Å². The van der Waals surface area contributed by atoms with Crippen molar-refractivity contribution in [2.24, 2.45) is 5.92 Å². The minimum absolute atomic E-state index is 0. The number of hydrogen-bond acceptors (Lipinski definition) is 2. The fourth-order valence-corrected chi connectivity index (χ4v) is 1.90. The van der Waals surface area contributed by atoms with Gasteiger partial charge in [-0.2, -0.15) is 13.5 Å². The molecule has 0 saturated heterocycles. The van der Waals surface area contributed by atoms with Gasteiger partial charge in [-0.05, 0) is 17.7 Å². The summed E-state index contributed by atoms with van der Waals surface area (Å²) in [5.41, 5.74) is 1.09. The van der Waals surface area contributed by atoms with Crippen LogP contribution in [0.3, 0.4) is 0 Å². The van der Waals surface area contributed by atoms with Gasteiger partial charge in [-0.3, -0.25) is 0 Å². The Morgan fingerprint density at radius 2 is 1.25 bits per heavy atom. The minimum Gasteiger partial charge on any atom is -0.485 e. The lowest BCUT2D eigenvalue weighted by molar-refractivity contribution is 0.0968. The molecule has 24 heavy (non-hydrogen) atoms. The van der Waals surface area contributed by atoms with Crippen LogP contribution in [0.15, 0.2) is 60.7 Å². The van der Waals surface area contributed by atoms with Gasteiger partial charge in [0.05, 0.1) is 0 Å². The van der Waals surface area contributed by atoms with Crippen molar-refractivity contribution >= 4 is 13.5 Å². The van der Waals surface area contributed by atoms with Gasteiger partial charge < -0.3 is 9.84 Å². The molecule has 0 fully saturated rings. The zero-order chi connectivity index (χ0) is 16.8. The van der Waals surface area contributed by atoms with Crippen LogP contribution in [0.5, 0.6) is 5.75 Å². The summed E-state index contributed by atoms with van der Waals surface area (Å²) in [6.45, 7) is 10.1. The molecular formula is C21H36O2S. The van der Waals surface area contributed by atoms with E-state index >= 15 is 0 Å². The molecule has 2 atom stereocenters. The quantitative estimate of drug-likeness (QED) is 0.690. The van der Waals surface area contributed by atoms with E-state index in [1.807, 2.05) is 95.3 Å². The maximum atomic E-state index is 9.36. The zero-order valence-electron chi connectivity index (χ0n) is 15.0. The van der Waals surface area contributed by atoms with E-state index in [1.54, 1.807) is 0 Å². The van der Waals surface area contributed by atoms with Crippen molar-refractivity contribution in [2.45, 2.75) is 48.1 Å². The first-order chi connectivity index (χ1) is 10.8. The Kier molecular flexibility index (Phi) is 20.4. The fourth-order valence-electron chi connectivity index (χ4n) is 1.90. The van der Waals surface area contributed by atoms with Crippen molar-refractivity contribution in [1.29, 1.82) is 0 Å². The van der Waals surface area contributed by atoms with Gasteiger partial charge in [-0.1, -0.05) is 90.6 Å². The fraction of sp³-hybridized carbons (Fsp3) is 0.429. The highest BCUT2D eigenvalue weighted by molar-refractivity contribution is 7.59. The molecule has 0 aliphatic carbocycles. The van der Waals surface area contributed by atoms with Gasteiger partial charge in [0.1, 0.15) is 11.9 Å². The number of aliphatic hydroxyl groups excluding tert-OH is 1. The van der Waals surface area contributed by atoms with Crippen molar-refractivity contribution in [3.63, 3.8) is 0 Å². The molecule has 0 aliphatic heterocycles. The average molecular weight is 353 g/mol. The Morgan fingerprint density at radius 3 is 1.67 bits per heavy atom. The highest BCUT2D eigenvalue weighted by atomic mass is 32.1. The summed E-state index contributed by atoms with van der Waals surface area (Å²) in [6, 6.07) is 19.7. The monoisotopic (exact) mass is 352 g/mol. The molecule has 2 rings (SSSR count). The molecule has 0 aliphatic rings. The lowest BCUT2D eigenvalue weighted by Gasteiger charge is -2.24. The third-order valence-corrected chi connectivity index (χ3v) is 2.94. The predicted molar refractivity (Wildman–Crippen MR) is 112 cm³/mol. The lowest BCUT2D eigenvalue weighted by atomic mass is 9.98. The van der Waals surface area contributed by atoms with Crippen molar-refractivity contribution in [3.05, 3.63) is 66.2 Å². The van der Waals surface area contributed by atoms with Crippen LogP contribution in [0.4, 0.5) is 0 Å². The molecule has 0 aromatic heterocycles. The second-order valence-corrected chi connectivity index (χ2v) is 4.42. The summed E-state index contributed by atoms with van der Waals surface area (Å²) in [5, 5.41) is 9.36. The number of benzene rings is 2. The number of hydrogen-bond donors (Lipinski definition) is 1. The number of para-hydroxylation sites is 1. The molecule has 2 aromatic rings. The van der Waals surface area contributed by atoms with Gasteiger partial charge in [0.2, 0.25) is 0 Å². The molecule has 0 spiro atoms. The highest BCUT2D eigenvalue weighted by Crippen LogP contribution is 2.27. The maximum Gasteiger partial charge on any atom is 0.128 e. The van der Waals surface area contributed by atoms with Crippen LogP contribution < -0.4 is 4.74 Å². The molecule has 2 aromatic carbocycles. The van der Waals surface area contributed by atoms with Crippen LogP contribution in [0.1, 0.15) is 53.7 Å². The maximum absolute atomic E-state index is 9.36.